The number of rotatable bonds is 3. The summed E-state index contributed by atoms with van der Waals surface area (Å²) in [5.74, 6) is 0.264. The van der Waals surface area contributed by atoms with Crippen molar-refractivity contribution >= 4 is 5.91 Å². The molecule has 0 spiro atoms. The Balaban J connectivity index is 2.58. The van der Waals surface area contributed by atoms with E-state index < -0.39 is 12.1 Å². The summed E-state index contributed by atoms with van der Waals surface area (Å²) in [6.45, 7) is 4.55. The molecule has 0 aromatic rings. The third-order valence-corrected chi connectivity index (χ3v) is 2.41. The van der Waals surface area contributed by atoms with Crippen LogP contribution in [0.5, 0.6) is 0 Å². The van der Waals surface area contributed by atoms with E-state index in [2.05, 4.69) is 6.07 Å². The fourth-order valence-electron chi connectivity index (χ4n) is 1.68. The van der Waals surface area contributed by atoms with E-state index >= 15 is 0 Å². The van der Waals surface area contributed by atoms with Gasteiger partial charge in [0, 0.05) is 6.54 Å². The van der Waals surface area contributed by atoms with Gasteiger partial charge in [0.25, 0.3) is 0 Å². The van der Waals surface area contributed by atoms with Crippen molar-refractivity contribution in [3.63, 3.8) is 0 Å². The van der Waals surface area contributed by atoms with Crippen LogP contribution in [-0.2, 0) is 4.79 Å². The Labute approximate surface area is 90.3 Å². The maximum atomic E-state index is 11.9. The van der Waals surface area contributed by atoms with Gasteiger partial charge >= 0.3 is 0 Å². The number of nitrogens with two attached hydrogens (primary N) is 1. The Hall–Kier alpha value is -1.34. The average Bonchev–Trinajstić information content (AvgIpc) is 2.62. The third kappa shape index (κ3) is 2.80. The van der Waals surface area contributed by atoms with Crippen molar-refractivity contribution in [3.8, 4) is 6.07 Å². The molecule has 4 nitrogen and oxygen atoms in total. The van der Waals surface area contributed by atoms with Gasteiger partial charge < -0.3 is 10.6 Å². The first kappa shape index (κ1) is 11.7. The number of amides is 1. The van der Waals surface area contributed by atoms with Crippen molar-refractivity contribution in [2.75, 3.05) is 6.54 Å². The highest BCUT2D eigenvalue weighted by Gasteiger charge is 2.28. The molecule has 15 heavy (non-hydrogen) atoms. The molecule has 0 bridgehead atoms. The summed E-state index contributed by atoms with van der Waals surface area (Å²) in [4.78, 5) is 13.4. The molecule has 0 aromatic carbocycles. The lowest BCUT2D eigenvalue weighted by molar-refractivity contribution is -0.132. The van der Waals surface area contributed by atoms with Gasteiger partial charge in [0.2, 0.25) is 5.91 Å². The van der Waals surface area contributed by atoms with E-state index in [0.29, 0.717) is 18.9 Å². The van der Waals surface area contributed by atoms with Crippen molar-refractivity contribution < 1.29 is 4.79 Å². The molecule has 0 unspecified atom stereocenters. The minimum Gasteiger partial charge on any atom is -0.320 e. The van der Waals surface area contributed by atoms with E-state index in [1.807, 2.05) is 19.9 Å². The summed E-state index contributed by atoms with van der Waals surface area (Å²) < 4.78 is 0. The number of carbonyl (C=O) groups is 1. The van der Waals surface area contributed by atoms with E-state index in [1.165, 1.54) is 4.90 Å². The maximum Gasteiger partial charge on any atom is 0.241 e. The number of nitrogens with zero attached hydrogens (tertiary/aromatic N) is 2. The zero-order valence-electron chi connectivity index (χ0n) is 9.18. The Morgan fingerprint density at radius 3 is 2.93 bits per heavy atom. The van der Waals surface area contributed by atoms with Crippen molar-refractivity contribution in [2.24, 2.45) is 11.7 Å². The molecular formula is C11H17N3O. The van der Waals surface area contributed by atoms with Gasteiger partial charge in [0.15, 0.2) is 0 Å². The normalized spacial score (nSPS) is 21.8. The molecule has 4 heteroatoms. The Kier molecular flexibility index (Phi) is 3.87. The molecule has 0 saturated heterocycles. The predicted octanol–water partition coefficient (Wildman–Crippen LogP) is 0.650. The topological polar surface area (TPSA) is 70.1 Å². The van der Waals surface area contributed by atoms with Crippen LogP contribution in [0.15, 0.2) is 12.2 Å². The van der Waals surface area contributed by atoms with Gasteiger partial charge in [0.05, 0.1) is 12.1 Å². The Morgan fingerprint density at radius 2 is 2.40 bits per heavy atom. The molecule has 1 aliphatic rings. The van der Waals surface area contributed by atoms with E-state index in [4.69, 9.17) is 11.0 Å². The molecule has 0 radical (unpaired) electrons. The number of carbonyl (C=O) groups excluding carboxylic acids is 1. The standard InChI is InChI=1S/C11H17N3O/c1-8(2)6-10(13)11(15)14-5-3-4-9(14)7-12/h3-4,8-10H,5-6,13H2,1-2H3/t9-,10-/m0/s1. The molecule has 1 rings (SSSR count). The zero-order chi connectivity index (χ0) is 11.4. The second-order valence-electron chi connectivity index (χ2n) is 4.23. The molecule has 0 aromatic heterocycles. The molecule has 0 aliphatic carbocycles. The van der Waals surface area contributed by atoms with Crippen molar-refractivity contribution in [1.82, 2.24) is 4.90 Å². The van der Waals surface area contributed by atoms with Crippen LogP contribution in [0.1, 0.15) is 20.3 Å². The molecular weight excluding hydrogens is 190 g/mol. The zero-order valence-corrected chi connectivity index (χ0v) is 9.18. The van der Waals surface area contributed by atoms with Crippen LogP contribution in [-0.4, -0.2) is 29.4 Å². The summed E-state index contributed by atoms with van der Waals surface area (Å²) in [6.07, 6.45) is 4.22. The fourth-order valence-corrected chi connectivity index (χ4v) is 1.68. The van der Waals surface area contributed by atoms with E-state index in [1.54, 1.807) is 6.08 Å². The quantitative estimate of drug-likeness (QED) is 0.691. The summed E-state index contributed by atoms with van der Waals surface area (Å²) in [5, 5.41) is 8.81. The number of hydrogen-bond acceptors (Lipinski definition) is 3. The lowest BCUT2D eigenvalue weighted by Gasteiger charge is -2.24. The van der Waals surface area contributed by atoms with Gasteiger partial charge in [-0.25, -0.2) is 0 Å². The average molecular weight is 207 g/mol. The van der Waals surface area contributed by atoms with Crippen molar-refractivity contribution in [3.05, 3.63) is 12.2 Å². The minimum atomic E-state index is -0.485. The Bertz CT molecular complexity index is 303. The fraction of sp³-hybridized carbons (Fsp3) is 0.636. The molecule has 0 fully saturated rings. The lowest BCUT2D eigenvalue weighted by atomic mass is 10.0. The van der Waals surface area contributed by atoms with E-state index in [0.717, 1.165) is 0 Å². The first-order valence-electron chi connectivity index (χ1n) is 5.18. The van der Waals surface area contributed by atoms with Gasteiger partial charge in [-0.1, -0.05) is 19.9 Å². The highest BCUT2D eigenvalue weighted by molar-refractivity contribution is 5.83. The Morgan fingerprint density at radius 1 is 1.73 bits per heavy atom. The highest BCUT2D eigenvalue weighted by Crippen LogP contribution is 2.13. The molecule has 2 atom stereocenters. The SMILES string of the molecule is CC(C)C[C@H](N)C(=O)N1CC=C[C@H]1C#N. The first-order valence-corrected chi connectivity index (χ1v) is 5.18. The summed E-state index contributed by atoms with van der Waals surface area (Å²) in [7, 11) is 0. The van der Waals surface area contributed by atoms with Crippen LogP contribution in [0.3, 0.4) is 0 Å². The van der Waals surface area contributed by atoms with Crippen molar-refractivity contribution in [2.45, 2.75) is 32.4 Å². The van der Waals surface area contributed by atoms with Crippen LogP contribution in [0.2, 0.25) is 0 Å². The number of nitriles is 1. The molecule has 1 heterocycles. The van der Waals surface area contributed by atoms with Crippen LogP contribution < -0.4 is 5.73 Å². The van der Waals surface area contributed by atoms with Gasteiger partial charge in [-0.05, 0) is 18.4 Å². The smallest absolute Gasteiger partial charge is 0.241 e. The van der Waals surface area contributed by atoms with Crippen LogP contribution in [0.4, 0.5) is 0 Å². The maximum absolute atomic E-state index is 11.9. The van der Waals surface area contributed by atoms with Gasteiger partial charge in [-0.3, -0.25) is 4.79 Å². The van der Waals surface area contributed by atoms with Crippen molar-refractivity contribution in [1.29, 1.82) is 5.26 Å². The molecule has 0 saturated carbocycles. The molecule has 82 valence electrons. The van der Waals surface area contributed by atoms with Gasteiger partial charge in [0.1, 0.15) is 6.04 Å². The minimum absolute atomic E-state index is 0.125. The predicted molar refractivity (Wildman–Crippen MR) is 57.7 cm³/mol. The molecule has 1 aliphatic heterocycles. The monoisotopic (exact) mass is 207 g/mol. The van der Waals surface area contributed by atoms with Crippen LogP contribution in [0.25, 0.3) is 0 Å². The largest absolute Gasteiger partial charge is 0.320 e. The van der Waals surface area contributed by atoms with Crippen LogP contribution in [0, 0.1) is 17.2 Å². The molecule has 1 amide bonds. The second kappa shape index (κ2) is 4.94. The lowest BCUT2D eigenvalue weighted by Crippen LogP contribution is -2.46. The van der Waals surface area contributed by atoms with E-state index in [-0.39, 0.29) is 5.91 Å². The highest BCUT2D eigenvalue weighted by atomic mass is 16.2. The first-order chi connectivity index (χ1) is 7.06. The van der Waals surface area contributed by atoms with E-state index in [9.17, 15) is 4.79 Å². The summed E-state index contributed by atoms with van der Waals surface area (Å²) in [5.41, 5.74) is 5.79. The van der Waals surface area contributed by atoms with Gasteiger partial charge in [-0.15, -0.1) is 0 Å². The number of hydrogen-bond donors (Lipinski definition) is 1. The molecule has 2 N–H and O–H groups in total. The summed E-state index contributed by atoms with van der Waals surface area (Å²) >= 11 is 0. The summed E-state index contributed by atoms with van der Waals surface area (Å²) in [6, 6.07) is 1.15. The van der Waals surface area contributed by atoms with Crippen LogP contribution >= 0.6 is 0 Å². The van der Waals surface area contributed by atoms with Gasteiger partial charge in [-0.2, -0.15) is 5.26 Å². The third-order valence-electron chi connectivity index (χ3n) is 2.41. The second-order valence-corrected chi connectivity index (χ2v) is 4.23.